The minimum absolute atomic E-state index is 0.0888. The molecule has 1 aliphatic rings. The SMILES string of the molecule is O=C(CCCc1nc(-c2ccc(Cl)cc2)no1)Nc1ccc2c(c1)OCCO2. The van der Waals surface area contributed by atoms with E-state index in [0.717, 1.165) is 5.56 Å². The molecule has 0 aliphatic carbocycles. The quantitative estimate of drug-likeness (QED) is 0.670. The van der Waals surface area contributed by atoms with Gasteiger partial charge >= 0.3 is 0 Å². The van der Waals surface area contributed by atoms with Crippen molar-refractivity contribution in [2.45, 2.75) is 19.3 Å². The van der Waals surface area contributed by atoms with Gasteiger partial charge in [-0.15, -0.1) is 0 Å². The molecule has 0 saturated carbocycles. The Balaban J connectivity index is 1.27. The first kappa shape index (κ1) is 18.3. The van der Waals surface area contributed by atoms with E-state index in [4.69, 9.17) is 25.6 Å². The predicted molar refractivity (Wildman–Crippen MR) is 104 cm³/mol. The van der Waals surface area contributed by atoms with Gasteiger partial charge in [0.1, 0.15) is 13.2 Å². The van der Waals surface area contributed by atoms with Crippen molar-refractivity contribution in [2.24, 2.45) is 0 Å². The van der Waals surface area contributed by atoms with Gasteiger partial charge in [-0.3, -0.25) is 4.79 Å². The highest BCUT2D eigenvalue weighted by Gasteiger charge is 2.13. The molecule has 1 N–H and O–H groups in total. The van der Waals surface area contributed by atoms with Gasteiger partial charge in [0, 0.05) is 35.2 Å². The molecule has 4 rings (SSSR count). The number of anilines is 1. The van der Waals surface area contributed by atoms with E-state index in [9.17, 15) is 4.79 Å². The van der Waals surface area contributed by atoms with Gasteiger partial charge in [-0.2, -0.15) is 4.98 Å². The van der Waals surface area contributed by atoms with Gasteiger partial charge in [-0.05, 0) is 42.8 Å². The summed E-state index contributed by atoms with van der Waals surface area (Å²) in [5.74, 6) is 2.25. The Kier molecular flexibility index (Phi) is 5.43. The molecule has 2 aromatic carbocycles. The number of carbonyl (C=O) groups is 1. The second kappa shape index (κ2) is 8.31. The van der Waals surface area contributed by atoms with E-state index in [-0.39, 0.29) is 5.91 Å². The predicted octanol–water partition coefficient (Wildman–Crippen LogP) is 4.12. The lowest BCUT2D eigenvalue weighted by atomic mass is 10.2. The van der Waals surface area contributed by atoms with Gasteiger partial charge in [0.25, 0.3) is 0 Å². The summed E-state index contributed by atoms with van der Waals surface area (Å²) in [7, 11) is 0. The van der Waals surface area contributed by atoms with Crippen LogP contribution in [0.15, 0.2) is 47.0 Å². The molecule has 0 spiro atoms. The van der Waals surface area contributed by atoms with Gasteiger partial charge in [0.2, 0.25) is 17.6 Å². The van der Waals surface area contributed by atoms with E-state index >= 15 is 0 Å². The number of fused-ring (bicyclic) bond motifs is 1. The van der Waals surface area contributed by atoms with Crippen LogP contribution in [0, 0.1) is 0 Å². The summed E-state index contributed by atoms with van der Waals surface area (Å²) in [4.78, 5) is 16.5. The minimum atomic E-state index is -0.0888. The van der Waals surface area contributed by atoms with Crippen molar-refractivity contribution in [1.29, 1.82) is 0 Å². The molecule has 0 fully saturated rings. The highest BCUT2D eigenvalue weighted by Crippen LogP contribution is 2.32. The Labute approximate surface area is 166 Å². The summed E-state index contributed by atoms with van der Waals surface area (Å²) < 4.78 is 16.2. The first-order valence-electron chi connectivity index (χ1n) is 8.95. The lowest BCUT2D eigenvalue weighted by Crippen LogP contribution is -2.16. The lowest BCUT2D eigenvalue weighted by molar-refractivity contribution is -0.116. The Morgan fingerprint density at radius 1 is 1.07 bits per heavy atom. The summed E-state index contributed by atoms with van der Waals surface area (Å²) in [5, 5.41) is 7.48. The molecule has 3 aromatic rings. The second-order valence-corrected chi connectivity index (χ2v) is 6.72. The smallest absolute Gasteiger partial charge is 0.226 e. The third-order valence-electron chi connectivity index (χ3n) is 4.19. The lowest BCUT2D eigenvalue weighted by Gasteiger charge is -2.19. The number of rotatable bonds is 6. The molecule has 1 aliphatic heterocycles. The van der Waals surface area contributed by atoms with Crippen molar-refractivity contribution < 1.29 is 18.8 Å². The first-order valence-corrected chi connectivity index (χ1v) is 9.33. The highest BCUT2D eigenvalue weighted by atomic mass is 35.5. The molecular weight excluding hydrogens is 382 g/mol. The van der Waals surface area contributed by atoms with E-state index < -0.39 is 0 Å². The number of aryl methyl sites for hydroxylation is 1. The maximum atomic E-state index is 12.2. The number of halogens is 1. The number of nitrogens with zero attached hydrogens (tertiary/aromatic N) is 2. The van der Waals surface area contributed by atoms with Crippen molar-refractivity contribution in [2.75, 3.05) is 18.5 Å². The van der Waals surface area contributed by atoms with E-state index in [1.807, 2.05) is 12.1 Å². The van der Waals surface area contributed by atoms with Crippen LogP contribution in [0.3, 0.4) is 0 Å². The van der Waals surface area contributed by atoms with Gasteiger partial charge in [0.15, 0.2) is 11.5 Å². The van der Waals surface area contributed by atoms with Crippen LogP contribution in [0.5, 0.6) is 11.5 Å². The number of aromatic nitrogens is 2. The summed E-state index contributed by atoms with van der Waals surface area (Å²) in [6.45, 7) is 1.04. The maximum absolute atomic E-state index is 12.2. The Morgan fingerprint density at radius 3 is 2.68 bits per heavy atom. The van der Waals surface area contributed by atoms with Crippen molar-refractivity contribution in [3.05, 3.63) is 53.4 Å². The molecule has 0 unspecified atom stereocenters. The zero-order valence-electron chi connectivity index (χ0n) is 15.0. The van der Waals surface area contributed by atoms with Crippen LogP contribution in [-0.4, -0.2) is 29.3 Å². The average molecular weight is 400 g/mol. The molecular formula is C20H18ClN3O4. The molecule has 1 aromatic heterocycles. The molecule has 28 heavy (non-hydrogen) atoms. The van der Waals surface area contributed by atoms with Crippen molar-refractivity contribution >= 4 is 23.2 Å². The third-order valence-corrected chi connectivity index (χ3v) is 4.44. The molecule has 144 valence electrons. The summed E-state index contributed by atoms with van der Waals surface area (Å²) in [6.07, 6.45) is 1.46. The van der Waals surface area contributed by atoms with Crippen molar-refractivity contribution in [3.8, 4) is 22.9 Å². The molecule has 0 radical (unpaired) electrons. The van der Waals surface area contributed by atoms with E-state index in [1.165, 1.54) is 0 Å². The third kappa shape index (κ3) is 4.43. The molecule has 0 bridgehead atoms. The number of amides is 1. The fraction of sp³-hybridized carbons (Fsp3) is 0.250. The van der Waals surface area contributed by atoms with Crippen LogP contribution in [0.1, 0.15) is 18.7 Å². The first-order chi connectivity index (χ1) is 13.7. The van der Waals surface area contributed by atoms with Crippen molar-refractivity contribution in [3.63, 3.8) is 0 Å². The monoisotopic (exact) mass is 399 g/mol. The van der Waals surface area contributed by atoms with E-state index in [0.29, 0.717) is 66.4 Å². The number of nitrogens with one attached hydrogen (secondary N) is 1. The Bertz CT molecular complexity index is 972. The molecule has 8 heteroatoms. The maximum Gasteiger partial charge on any atom is 0.226 e. The largest absolute Gasteiger partial charge is 0.486 e. The van der Waals surface area contributed by atoms with Crippen LogP contribution >= 0.6 is 11.6 Å². The normalized spacial score (nSPS) is 12.6. The number of benzene rings is 2. The molecule has 1 amide bonds. The summed E-state index contributed by atoms with van der Waals surface area (Å²) in [5.41, 5.74) is 1.51. The standard InChI is InChI=1S/C20H18ClN3O4/c21-14-6-4-13(5-7-14)20-23-19(28-24-20)3-1-2-18(25)22-15-8-9-16-17(12-15)27-11-10-26-16/h4-9,12H,1-3,10-11H2,(H,22,25). The molecule has 0 atom stereocenters. The second-order valence-electron chi connectivity index (χ2n) is 6.28. The Morgan fingerprint density at radius 2 is 1.86 bits per heavy atom. The number of hydrogen-bond donors (Lipinski definition) is 1. The van der Waals surface area contributed by atoms with Crippen LogP contribution in [0.25, 0.3) is 11.4 Å². The zero-order valence-corrected chi connectivity index (χ0v) is 15.7. The van der Waals surface area contributed by atoms with Gasteiger partial charge in [-0.1, -0.05) is 16.8 Å². The van der Waals surface area contributed by atoms with Gasteiger partial charge in [0.05, 0.1) is 0 Å². The van der Waals surface area contributed by atoms with E-state index in [2.05, 4.69) is 15.5 Å². The molecule has 0 saturated heterocycles. The molecule has 2 heterocycles. The minimum Gasteiger partial charge on any atom is -0.486 e. The summed E-state index contributed by atoms with van der Waals surface area (Å²) in [6, 6.07) is 12.6. The number of hydrogen-bond acceptors (Lipinski definition) is 6. The Hall–Kier alpha value is -3.06. The van der Waals surface area contributed by atoms with Gasteiger partial charge < -0.3 is 19.3 Å². The van der Waals surface area contributed by atoms with Crippen LogP contribution in [0.2, 0.25) is 5.02 Å². The fourth-order valence-electron chi connectivity index (χ4n) is 2.82. The highest BCUT2D eigenvalue weighted by molar-refractivity contribution is 6.30. The van der Waals surface area contributed by atoms with Crippen LogP contribution in [0.4, 0.5) is 5.69 Å². The summed E-state index contributed by atoms with van der Waals surface area (Å²) >= 11 is 5.88. The van der Waals surface area contributed by atoms with Gasteiger partial charge in [-0.25, -0.2) is 0 Å². The topological polar surface area (TPSA) is 86.5 Å². The van der Waals surface area contributed by atoms with Crippen molar-refractivity contribution in [1.82, 2.24) is 10.1 Å². The number of carbonyl (C=O) groups excluding carboxylic acids is 1. The fourth-order valence-corrected chi connectivity index (χ4v) is 2.94. The van der Waals surface area contributed by atoms with Crippen LogP contribution in [-0.2, 0) is 11.2 Å². The number of ether oxygens (including phenoxy) is 2. The van der Waals surface area contributed by atoms with E-state index in [1.54, 1.807) is 30.3 Å². The average Bonchev–Trinajstić information content (AvgIpc) is 3.17. The molecule has 7 nitrogen and oxygen atoms in total. The van der Waals surface area contributed by atoms with Crippen LogP contribution < -0.4 is 14.8 Å². The zero-order chi connectivity index (χ0) is 19.3.